The molecule has 0 spiro atoms. The first-order chi connectivity index (χ1) is 9.92. The average Bonchev–Trinajstić information content (AvgIpc) is 2.42. The molecule has 1 aromatic heterocycles. The SMILES string of the molecule is CCCNc1cc([N+](=O)[O-])cc(NC(C)CCN(C)C)n1. The van der Waals surface area contributed by atoms with Crippen molar-refractivity contribution in [3.05, 3.63) is 22.2 Å². The highest BCUT2D eigenvalue weighted by atomic mass is 16.6. The minimum Gasteiger partial charge on any atom is -0.370 e. The molecule has 0 saturated carbocycles. The molecular weight excluding hydrogens is 270 g/mol. The molecule has 0 aliphatic carbocycles. The first-order valence-electron chi connectivity index (χ1n) is 7.24. The molecule has 1 rings (SSSR count). The summed E-state index contributed by atoms with van der Waals surface area (Å²) in [6.45, 7) is 5.77. The molecule has 0 radical (unpaired) electrons. The van der Waals surface area contributed by atoms with Gasteiger partial charge in [-0.3, -0.25) is 10.1 Å². The summed E-state index contributed by atoms with van der Waals surface area (Å²) in [4.78, 5) is 17.1. The van der Waals surface area contributed by atoms with Crippen molar-refractivity contribution in [3.63, 3.8) is 0 Å². The largest absolute Gasteiger partial charge is 0.370 e. The number of nitrogens with zero attached hydrogens (tertiary/aromatic N) is 3. The molecule has 1 aromatic rings. The van der Waals surface area contributed by atoms with E-state index in [0.29, 0.717) is 11.6 Å². The maximum atomic E-state index is 11.0. The summed E-state index contributed by atoms with van der Waals surface area (Å²) in [6.07, 6.45) is 1.88. The second-order valence-corrected chi connectivity index (χ2v) is 5.42. The molecule has 0 aliphatic heterocycles. The minimum atomic E-state index is -0.394. The lowest BCUT2D eigenvalue weighted by atomic mass is 10.2. The zero-order valence-electron chi connectivity index (χ0n) is 13.2. The van der Waals surface area contributed by atoms with Gasteiger partial charge in [0.25, 0.3) is 5.69 Å². The molecule has 0 amide bonds. The van der Waals surface area contributed by atoms with Crippen LogP contribution in [0.1, 0.15) is 26.7 Å². The van der Waals surface area contributed by atoms with E-state index in [1.54, 1.807) is 0 Å². The Morgan fingerprint density at radius 2 is 2.05 bits per heavy atom. The van der Waals surface area contributed by atoms with Gasteiger partial charge in [-0.2, -0.15) is 0 Å². The van der Waals surface area contributed by atoms with Crippen LogP contribution in [0.4, 0.5) is 17.3 Å². The Morgan fingerprint density at radius 1 is 1.38 bits per heavy atom. The summed E-state index contributed by atoms with van der Waals surface area (Å²) in [5.74, 6) is 1.07. The first-order valence-corrected chi connectivity index (χ1v) is 7.24. The van der Waals surface area contributed by atoms with Gasteiger partial charge in [0.1, 0.15) is 11.6 Å². The van der Waals surface area contributed by atoms with Crippen molar-refractivity contribution in [2.24, 2.45) is 0 Å². The third kappa shape index (κ3) is 6.40. The normalized spacial score (nSPS) is 12.2. The maximum Gasteiger partial charge on any atom is 0.276 e. The van der Waals surface area contributed by atoms with Crippen molar-refractivity contribution in [1.82, 2.24) is 9.88 Å². The minimum absolute atomic E-state index is 0.0471. The summed E-state index contributed by atoms with van der Waals surface area (Å²) < 4.78 is 0. The van der Waals surface area contributed by atoms with E-state index in [9.17, 15) is 10.1 Å². The quantitative estimate of drug-likeness (QED) is 0.538. The maximum absolute atomic E-state index is 11.0. The van der Waals surface area contributed by atoms with E-state index in [4.69, 9.17) is 0 Å². The topological polar surface area (TPSA) is 83.3 Å². The fourth-order valence-corrected chi connectivity index (χ4v) is 1.82. The van der Waals surface area contributed by atoms with E-state index in [2.05, 4.69) is 20.5 Å². The van der Waals surface area contributed by atoms with Crippen LogP contribution in [-0.2, 0) is 0 Å². The lowest BCUT2D eigenvalue weighted by Gasteiger charge is -2.17. The summed E-state index contributed by atoms with van der Waals surface area (Å²) in [5, 5.41) is 17.3. The first kappa shape index (κ1) is 17.2. The van der Waals surface area contributed by atoms with Crippen LogP contribution >= 0.6 is 0 Å². The van der Waals surface area contributed by atoms with Gasteiger partial charge in [-0.1, -0.05) is 6.92 Å². The van der Waals surface area contributed by atoms with Crippen molar-refractivity contribution in [2.75, 3.05) is 37.8 Å². The van der Waals surface area contributed by atoms with Gasteiger partial charge >= 0.3 is 0 Å². The molecule has 7 nitrogen and oxygen atoms in total. The summed E-state index contributed by atoms with van der Waals surface area (Å²) in [6, 6.07) is 3.13. The predicted molar refractivity (Wildman–Crippen MR) is 85.9 cm³/mol. The van der Waals surface area contributed by atoms with Crippen LogP contribution in [0.15, 0.2) is 12.1 Å². The van der Waals surface area contributed by atoms with Gasteiger partial charge in [0.2, 0.25) is 0 Å². The Morgan fingerprint density at radius 3 is 2.62 bits per heavy atom. The van der Waals surface area contributed by atoms with Crippen molar-refractivity contribution in [1.29, 1.82) is 0 Å². The molecule has 0 saturated heterocycles. The van der Waals surface area contributed by atoms with E-state index < -0.39 is 4.92 Å². The van der Waals surface area contributed by atoms with Crippen LogP contribution in [0.5, 0.6) is 0 Å². The fraction of sp³-hybridized carbons (Fsp3) is 0.643. The van der Waals surface area contributed by atoms with E-state index in [1.807, 2.05) is 27.9 Å². The van der Waals surface area contributed by atoms with E-state index in [-0.39, 0.29) is 11.7 Å². The molecule has 1 heterocycles. The number of anilines is 2. The Hall–Kier alpha value is -1.89. The third-order valence-corrected chi connectivity index (χ3v) is 2.98. The van der Waals surface area contributed by atoms with Crippen LogP contribution in [0.25, 0.3) is 0 Å². The Kier molecular flexibility index (Phi) is 6.87. The van der Waals surface area contributed by atoms with Crippen molar-refractivity contribution >= 4 is 17.3 Å². The number of nitro groups is 1. The molecular formula is C14H25N5O2. The second-order valence-electron chi connectivity index (χ2n) is 5.42. The lowest BCUT2D eigenvalue weighted by Crippen LogP contribution is -2.23. The summed E-state index contributed by atoms with van der Waals surface area (Å²) >= 11 is 0. The molecule has 0 aromatic carbocycles. The van der Waals surface area contributed by atoms with E-state index in [1.165, 1.54) is 12.1 Å². The van der Waals surface area contributed by atoms with Gasteiger partial charge < -0.3 is 15.5 Å². The molecule has 0 bridgehead atoms. The number of hydrogen-bond acceptors (Lipinski definition) is 6. The summed E-state index contributed by atoms with van der Waals surface area (Å²) in [5.41, 5.74) is 0.0471. The molecule has 21 heavy (non-hydrogen) atoms. The molecule has 1 unspecified atom stereocenters. The predicted octanol–water partition coefficient (Wildman–Crippen LogP) is 2.56. The van der Waals surface area contributed by atoms with Crippen LogP contribution in [0, 0.1) is 10.1 Å². The number of rotatable bonds is 9. The van der Waals surface area contributed by atoms with Crippen molar-refractivity contribution < 1.29 is 4.92 Å². The standard InChI is InChI=1S/C14H25N5O2/c1-5-7-15-13-9-12(19(20)21)10-14(17-13)16-11(2)6-8-18(3)4/h9-11H,5-8H2,1-4H3,(H2,15,16,17). The van der Waals surface area contributed by atoms with Gasteiger partial charge in [-0.15, -0.1) is 0 Å². The number of nitrogens with one attached hydrogen (secondary N) is 2. The van der Waals surface area contributed by atoms with Crippen LogP contribution < -0.4 is 10.6 Å². The van der Waals surface area contributed by atoms with Crippen molar-refractivity contribution in [2.45, 2.75) is 32.7 Å². The van der Waals surface area contributed by atoms with Crippen LogP contribution in [0.2, 0.25) is 0 Å². The molecule has 0 fully saturated rings. The third-order valence-electron chi connectivity index (χ3n) is 2.98. The van der Waals surface area contributed by atoms with Gasteiger partial charge in [-0.05, 0) is 40.4 Å². The van der Waals surface area contributed by atoms with Gasteiger partial charge in [-0.25, -0.2) is 4.98 Å². The summed E-state index contributed by atoms with van der Waals surface area (Å²) in [7, 11) is 4.04. The average molecular weight is 295 g/mol. The molecule has 2 N–H and O–H groups in total. The molecule has 1 atom stereocenters. The highest BCUT2D eigenvalue weighted by Gasteiger charge is 2.12. The van der Waals surface area contributed by atoms with Crippen LogP contribution in [-0.4, -0.2) is 48.0 Å². The smallest absolute Gasteiger partial charge is 0.276 e. The zero-order valence-corrected chi connectivity index (χ0v) is 13.2. The molecule has 7 heteroatoms. The van der Waals surface area contributed by atoms with E-state index in [0.717, 1.165) is 25.9 Å². The highest BCUT2D eigenvalue weighted by molar-refractivity contribution is 5.54. The van der Waals surface area contributed by atoms with Crippen molar-refractivity contribution in [3.8, 4) is 0 Å². The Balaban J connectivity index is 2.79. The highest BCUT2D eigenvalue weighted by Crippen LogP contribution is 2.21. The monoisotopic (exact) mass is 295 g/mol. The Labute approximate surface area is 125 Å². The number of aromatic nitrogens is 1. The lowest BCUT2D eigenvalue weighted by molar-refractivity contribution is -0.384. The number of hydrogen-bond donors (Lipinski definition) is 2. The van der Waals surface area contributed by atoms with E-state index >= 15 is 0 Å². The van der Waals surface area contributed by atoms with Crippen LogP contribution in [0.3, 0.4) is 0 Å². The fourth-order valence-electron chi connectivity index (χ4n) is 1.82. The number of pyridine rings is 1. The Bertz CT molecular complexity index is 465. The van der Waals surface area contributed by atoms with Gasteiger partial charge in [0, 0.05) is 12.6 Å². The van der Waals surface area contributed by atoms with Gasteiger partial charge in [0.05, 0.1) is 17.1 Å². The zero-order chi connectivity index (χ0) is 15.8. The molecule has 0 aliphatic rings. The molecule has 118 valence electrons. The van der Waals surface area contributed by atoms with Gasteiger partial charge in [0.15, 0.2) is 0 Å². The second kappa shape index (κ2) is 8.41.